The number of amides is 2. The highest BCUT2D eigenvalue weighted by Crippen LogP contribution is 2.27. The lowest BCUT2D eigenvalue weighted by Crippen LogP contribution is -2.44. The number of aryl methyl sites for hydroxylation is 2. The van der Waals surface area contributed by atoms with Gasteiger partial charge in [-0.15, -0.1) is 10.2 Å². The molecule has 25 heavy (non-hydrogen) atoms. The highest BCUT2D eigenvalue weighted by Gasteiger charge is 2.40. The highest BCUT2D eigenvalue weighted by molar-refractivity contribution is 6.09. The SMILES string of the molecule is Cc1ccc(N2CC[C@@H](C(=O)N3CCn4c(C)nnc4C3)C2=O)cc1. The van der Waals surface area contributed by atoms with Crippen molar-refractivity contribution in [3.05, 3.63) is 41.5 Å². The lowest BCUT2D eigenvalue weighted by atomic mass is 10.1. The Balaban J connectivity index is 1.48. The Morgan fingerprint density at radius 3 is 2.60 bits per heavy atom. The molecule has 2 aromatic rings. The molecule has 2 aliphatic heterocycles. The van der Waals surface area contributed by atoms with Gasteiger partial charge in [-0.2, -0.15) is 0 Å². The molecule has 2 amide bonds. The zero-order chi connectivity index (χ0) is 17.6. The van der Waals surface area contributed by atoms with Crippen molar-refractivity contribution in [3.8, 4) is 0 Å². The Bertz CT molecular complexity index is 826. The monoisotopic (exact) mass is 339 g/mol. The molecule has 130 valence electrons. The maximum atomic E-state index is 12.9. The van der Waals surface area contributed by atoms with Crippen LogP contribution in [-0.2, 0) is 22.7 Å². The van der Waals surface area contributed by atoms with Gasteiger partial charge in [-0.1, -0.05) is 17.7 Å². The zero-order valence-electron chi connectivity index (χ0n) is 14.5. The Hall–Kier alpha value is -2.70. The van der Waals surface area contributed by atoms with Crippen molar-refractivity contribution in [3.63, 3.8) is 0 Å². The molecule has 4 rings (SSSR count). The molecule has 1 fully saturated rings. The fourth-order valence-electron chi connectivity index (χ4n) is 3.60. The minimum absolute atomic E-state index is 0.0912. The largest absolute Gasteiger partial charge is 0.333 e. The number of fused-ring (bicyclic) bond motifs is 1. The molecule has 1 atom stereocenters. The van der Waals surface area contributed by atoms with Gasteiger partial charge in [-0.05, 0) is 32.4 Å². The number of carbonyl (C=O) groups excluding carboxylic acids is 2. The molecule has 7 heteroatoms. The van der Waals surface area contributed by atoms with Crippen molar-refractivity contribution < 1.29 is 9.59 Å². The Labute approximate surface area is 146 Å². The van der Waals surface area contributed by atoms with Crippen LogP contribution in [0, 0.1) is 19.8 Å². The van der Waals surface area contributed by atoms with Crippen molar-refractivity contribution in [2.24, 2.45) is 5.92 Å². The zero-order valence-corrected chi connectivity index (χ0v) is 14.5. The molecule has 3 heterocycles. The maximum Gasteiger partial charge on any atom is 0.239 e. The summed E-state index contributed by atoms with van der Waals surface area (Å²) in [6.45, 7) is 6.21. The van der Waals surface area contributed by atoms with Crippen LogP contribution in [0.4, 0.5) is 5.69 Å². The number of nitrogens with zero attached hydrogens (tertiary/aromatic N) is 5. The molecule has 0 aliphatic carbocycles. The summed E-state index contributed by atoms with van der Waals surface area (Å²) >= 11 is 0. The number of carbonyl (C=O) groups is 2. The van der Waals surface area contributed by atoms with Crippen molar-refractivity contribution in [1.29, 1.82) is 0 Å². The molecule has 0 N–H and O–H groups in total. The fourth-order valence-corrected chi connectivity index (χ4v) is 3.60. The first-order valence-electron chi connectivity index (χ1n) is 8.60. The molecule has 0 unspecified atom stereocenters. The number of hydrogen-bond donors (Lipinski definition) is 0. The second kappa shape index (κ2) is 5.98. The lowest BCUT2D eigenvalue weighted by Gasteiger charge is -2.29. The number of hydrogen-bond acceptors (Lipinski definition) is 4. The van der Waals surface area contributed by atoms with Crippen LogP contribution >= 0.6 is 0 Å². The predicted molar refractivity (Wildman–Crippen MR) is 91.8 cm³/mol. The summed E-state index contributed by atoms with van der Waals surface area (Å²) in [4.78, 5) is 29.1. The molecule has 2 aliphatic rings. The minimum atomic E-state index is -0.586. The first kappa shape index (κ1) is 15.8. The lowest BCUT2D eigenvalue weighted by molar-refractivity contribution is -0.141. The van der Waals surface area contributed by atoms with Gasteiger partial charge in [0.15, 0.2) is 5.82 Å². The molecule has 0 saturated carbocycles. The van der Waals surface area contributed by atoms with Crippen LogP contribution in [0.3, 0.4) is 0 Å². The third kappa shape index (κ3) is 2.69. The van der Waals surface area contributed by atoms with Crippen LogP contribution in [0.15, 0.2) is 24.3 Å². The molecule has 7 nitrogen and oxygen atoms in total. The van der Waals surface area contributed by atoms with Gasteiger partial charge in [0.05, 0.1) is 6.54 Å². The topological polar surface area (TPSA) is 71.3 Å². The number of anilines is 1. The maximum absolute atomic E-state index is 12.9. The molecule has 1 aromatic carbocycles. The summed E-state index contributed by atoms with van der Waals surface area (Å²) < 4.78 is 2.03. The Morgan fingerprint density at radius 1 is 1.08 bits per heavy atom. The molecule has 1 saturated heterocycles. The molecule has 0 spiro atoms. The molecule has 0 bridgehead atoms. The fraction of sp³-hybridized carbons (Fsp3) is 0.444. The van der Waals surface area contributed by atoms with Gasteiger partial charge >= 0.3 is 0 Å². The van der Waals surface area contributed by atoms with E-state index in [2.05, 4.69) is 10.2 Å². The predicted octanol–water partition coefficient (Wildman–Crippen LogP) is 1.29. The average molecular weight is 339 g/mol. The summed E-state index contributed by atoms with van der Waals surface area (Å²) in [5.41, 5.74) is 2.01. The summed E-state index contributed by atoms with van der Waals surface area (Å²) in [6, 6.07) is 7.84. The van der Waals surface area contributed by atoms with E-state index in [1.165, 1.54) is 0 Å². The van der Waals surface area contributed by atoms with Crippen LogP contribution in [0.25, 0.3) is 0 Å². The summed E-state index contributed by atoms with van der Waals surface area (Å²) in [7, 11) is 0. The molecule has 0 radical (unpaired) electrons. The molecule has 1 aromatic heterocycles. The average Bonchev–Trinajstić information content (AvgIpc) is 3.18. The standard InChI is InChI=1S/C18H21N5O2/c1-12-3-5-14(6-4-12)23-8-7-15(18(23)25)17(24)21-9-10-22-13(2)19-20-16(22)11-21/h3-6,15H,7-11H2,1-2H3/t15-/m0/s1. The van der Waals surface area contributed by atoms with E-state index in [1.54, 1.807) is 9.80 Å². The van der Waals surface area contributed by atoms with Gasteiger partial charge in [0.2, 0.25) is 11.8 Å². The summed E-state index contributed by atoms with van der Waals surface area (Å²) in [6.07, 6.45) is 0.563. The van der Waals surface area contributed by atoms with E-state index < -0.39 is 5.92 Å². The van der Waals surface area contributed by atoms with Gasteiger partial charge in [-0.3, -0.25) is 9.59 Å². The Morgan fingerprint density at radius 2 is 1.84 bits per heavy atom. The molecular weight excluding hydrogens is 318 g/mol. The second-order valence-electron chi connectivity index (χ2n) is 6.74. The third-order valence-electron chi connectivity index (χ3n) is 5.10. The van der Waals surface area contributed by atoms with Crippen molar-refractivity contribution >= 4 is 17.5 Å². The van der Waals surface area contributed by atoms with E-state index in [4.69, 9.17) is 0 Å². The van der Waals surface area contributed by atoms with Gasteiger partial charge in [-0.25, -0.2) is 0 Å². The summed E-state index contributed by atoms with van der Waals surface area (Å²) in [5.74, 6) is 0.878. The first-order valence-corrected chi connectivity index (χ1v) is 8.60. The van der Waals surface area contributed by atoms with E-state index in [0.717, 1.165) is 22.9 Å². The third-order valence-corrected chi connectivity index (χ3v) is 5.10. The van der Waals surface area contributed by atoms with Gasteiger partial charge in [0.25, 0.3) is 0 Å². The number of benzene rings is 1. The van der Waals surface area contributed by atoms with Gasteiger partial charge < -0.3 is 14.4 Å². The van der Waals surface area contributed by atoms with E-state index in [1.807, 2.05) is 42.7 Å². The van der Waals surface area contributed by atoms with E-state index >= 15 is 0 Å². The van der Waals surface area contributed by atoms with Crippen LogP contribution in [0.5, 0.6) is 0 Å². The van der Waals surface area contributed by atoms with E-state index in [0.29, 0.717) is 32.6 Å². The van der Waals surface area contributed by atoms with Crippen molar-refractivity contribution in [2.45, 2.75) is 33.4 Å². The normalized spacial score (nSPS) is 20.1. The van der Waals surface area contributed by atoms with E-state index in [9.17, 15) is 9.59 Å². The minimum Gasteiger partial charge on any atom is -0.333 e. The molecular formula is C18H21N5O2. The van der Waals surface area contributed by atoms with Crippen LogP contribution in [0.1, 0.15) is 23.6 Å². The second-order valence-corrected chi connectivity index (χ2v) is 6.74. The quantitative estimate of drug-likeness (QED) is 0.773. The number of rotatable bonds is 2. The van der Waals surface area contributed by atoms with Crippen molar-refractivity contribution in [1.82, 2.24) is 19.7 Å². The van der Waals surface area contributed by atoms with Crippen LogP contribution in [0.2, 0.25) is 0 Å². The van der Waals surface area contributed by atoms with Crippen LogP contribution < -0.4 is 4.90 Å². The smallest absolute Gasteiger partial charge is 0.239 e. The van der Waals surface area contributed by atoms with E-state index in [-0.39, 0.29) is 11.8 Å². The summed E-state index contributed by atoms with van der Waals surface area (Å²) in [5, 5.41) is 8.19. The number of aromatic nitrogens is 3. The first-order chi connectivity index (χ1) is 12.0. The highest BCUT2D eigenvalue weighted by atomic mass is 16.2. The van der Waals surface area contributed by atoms with Gasteiger partial charge in [0.1, 0.15) is 11.7 Å². The van der Waals surface area contributed by atoms with Crippen LogP contribution in [-0.4, -0.2) is 44.6 Å². The Kier molecular flexibility index (Phi) is 3.78. The van der Waals surface area contributed by atoms with Gasteiger partial charge in [0, 0.05) is 25.3 Å². The van der Waals surface area contributed by atoms with Crippen molar-refractivity contribution in [2.75, 3.05) is 18.0 Å².